The molecule has 3 aromatic heterocycles. The lowest BCUT2D eigenvalue weighted by Gasteiger charge is -2.06. The SMILES string of the molecule is COC(=O)c1cc(C)nc2nc(SCc3nnc(C(=O)NCc4ccccc4)s3)[nH]c(=O)c12. The first kappa shape index (κ1) is 22.6. The summed E-state index contributed by atoms with van der Waals surface area (Å²) < 4.78 is 4.76. The Labute approximate surface area is 195 Å². The maximum absolute atomic E-state index is 12.6. The minimum absolute atomic E-state index is 0.0742. The lowest BCUT2D eigenvalue weighted by atomic mass is 10.1. The maximum atomic E-state index is 12.6. The van der Waals surface area contributed by atoms with Crippen molar-refractivity contribution in [2.45, 2.75) is 24.4 Å². The number of pyridine rings is 1. The largest absolute Gasteiger partial charge is 0.465 e. The number of benzene rings is 1. The highest BCUT2D eigenvalue weighted by Gasteiger charge is 2.18. The molecule has 10 nitrogen and oxygen atoms in total. The number of methoxy groups -OCH3 is 1. The summed E-state index contributed by atoms with van der Waals surface area (Å²) in [6.07, 6.45) is 0. The van der Waals surface area contributed by atoms with Gasteiger partial charge in [0.25, 0.3) is 11.5 Å². The number of aromatic amines is 1. The predicted molar refractivity (Wildman–Crippen MR) is 123 cm³/mol. The average Bonchev–Trinajstić information content (AvgIpc) is 3.30. The number of fused-ring (bicyclic) bond motifs is 1. The van der Waals surface area contributed by atoms with Crippen LogP contribution in [0.1, 0.15) is 36.4 Å². The zero-order chi connectivity index (χ0) is 23.4. The van der Waals surface area contributed by atoms with Gasteiger partial charge < -0.3 is 15.0 Å². The summed E-state index contributed by atoms with van der Waals surface area (Å²) in [5.41, 5.74) is 1.29. The van der Waals surface area contributed by atoms with E-state index in [2.05, 4.69) is 30.5 Å². The van der Waals surface area contributed by atoms with Crippen LogP contribution in [0.4, 0.5) is 0 Å². The molecule has 4 rings (SSSR count). The van der Waals surface area contributed by atoms with E-state index in [9.17, 15) is 14.4 Å². The van der Waals surface area contributed by atoms with Crippen LogP contribution in [0.2, 0.25) is 0 Å². The minimum Gasteiger partial charge on any atom is -0.465 e. The number of thioether (sulfide) groups is 1. The van der Waals surface area contributed by atoms with Crippen LogP contribution in [-0.4, -0.2) is 44.1 Å². The van der Waals surface area contributed by atoms with Gasteiger partial charge in [-0.05, 0) is 18.6 Å². The lowest BCUT2D eigenvalue weighted by molar-refractivity contribution is 0.0602. The maximum Gasteiger partial charge on any atom is 0.338 e. The number of hydrogen-bond acceptors (Lipinski definition) is 10. The Balaban J connectivity index is 1.46. The molecule has 168 valence electrons. The molecule has 1 aromatic carbocycles. The number of ether oxygens (including phenoxy) is 1. The third-order valence-electron chi connectivity index (χ3n) is 4.48. The van der Waals surface area contributed by atoms with Crippen molar-refractivity contribution in [3.05, 3.63) is 73.6 Å². The standard InChI is InChI=1S/C21H18N6O4S2/c1-11-8-13(20(30)31-2)15-16(23-11)24-21(25-17(15)28)32-10-14-26-27-19(33-14)18(29)22-9-12-6-4-3-5-7-12/h3-8H,9-10H2,1-2H3,(H,22,29)(H,23,24,25,28). The minimum atomic E-state index is -0.634. The summed E-state index contributed by atoms with van der Waals surface area (Å²) in [6.45, 7) is 2.10. The normalized spacial score (nSPS) is 10.8. The molecule has 33 heavy (non-hydrogen) atoms. The van der Waals surface area contributed by atoms with E-state index in [-0.39, 0.29) is 27.5 Å². The summed E-state index contributed by atoms with van der Waals surface area (Å²) in [5.74, 6) is -0.599. The molecule has 0 saturated heterocycles. The summed E-state index contributed by atoms with van der Waals surface area (Å²) in [4.78, 5) is 48.2. The second-order valence-corrected chi connectivity index (χ2v) is 8.86. The fourth-order valence-electron chi connectivity index (χ4n) is 2.97. The third kappa shape index (κ3) is 5.23. The third-order valence-corrected chi connectivity index (χ3v) is 6.47. The molecular weight excluding hydrogens is 464 g/mol. The number of nitrogens with zero attached hydrogens (tertiary/aromatic N) is 4. The van der Waals surface area contributed by atoms with Crippen molar-refractivity contribution in [2.24, 2.45) is 0 Å². The van der Waals surface area contributed by atoms with E-state index in [0.29, 0.717) is 28.2 Å². The van der Waals surface area contributed by atoms with Gasteiger partial charge >= 0.3 is 5.97 Å². The van der Waals surface area contributed by atoms with Gasteiger partial charge in [-0.25, -0.2) is 14.8 Å². The molecule has 0 aliphatic heterocycles. The number of carbonyl (C=O) groups excluding carboxylic acids is 2. The smallest absolute Gasteiger partial charge is 0.338 e. The zero-order valence-corrected chi connectivity index (χ0v) is 19.2. The van der Waals surface area contributed by atoms with Gasteiger partial charge in [0.15, 0.2) is 10.8 Å². The summed E-state index contributed by atoms with van der Waals surface area (Å²) in [6, 6.07) is 11.0. The second kappa shape index (κ2) is 9.88. The highest BCUT2D eigenvalue weighted by molar-refractivity contribution is 7.98. The van der Waals surface area contributed by atoms with Crippen LogP contribution >= 0.6 is 23.1 Å². The van der Waals surface area contributed by atoms with E-state index >= 15 is 0 Å². The highest BCUT2D eigenvalue weighted by atomic mass is 32.2. The molecule has 0 saturated carbocycles. The Morgan fingerprint density at radius 3 is 2.73 bits per heavy atom. The van der Waals surface area contributed by atoms with Gasteiger partial charge in [0.2, 0.25) is 5.01 Å². The van der Waals surface area contributed by atoms with Crippen LogP contribution in [0.25, 0.3) is 11.0 Å². The quantitative estimate of drug-likeness (QED) is 0.231. The Morgan fingerprint density at radius 2 is 1.97 bits per heavy atom. The molecule has 0 bridgehead atoms. The fourth-order valence-corrected chi connectivity index (χ4v) is 4.57. The van der Waals surface area contributed by atoms with E-state index in [0.717, 1.165) is 16.9 Å². The Hall–Kier alpha value is -3.64. The molecule has 0 fully saturated rings. The molecule has 0 unspecified atom stereocenters. The first-order valence-corrected chi connectivity index (χ1v) is 11.5. The number of aryl methyl sites for hydroxylation is 1. The topological polar surface area (TPSA) is 140 Å². The molecule has 0 spiro atoms. The van der Waals surface area contributed by atoms with Gasteiger partial charge in [0.1, 0.15) is 5.01 Å². The van der Waals surface area contributed by atoms with Crippen LogP contribution in [0.5, 0.6) is 0 Å². The van der Waals surface area contributed by atoms with Crippen molar-refractivity contribution < 1.29 is 14.3 Å². The molecule has 4 aromatic rings. The molecule has 1 amide bonds. The second-order valence-electron chi connectivity index (χ2n) is 6.83. The van der Waals surface area contributed by atoms with Gasteiger partial charge in [-0.3, -0.25) is 9.59 Å². The molecule has 0 radical (unpaired) electrons. The Kier molecular flexibility index (Phi) is 6.75. The molecule has 3 heterocycles. The fraction of sp³-hybridized carbons (Fsp3) is 0.190. The van der Waals surface area contributed by atoms with Crippen LogP contribution in [-0.2, 0) is 17.0 Å². The number of esters is 1. The monoisotopic (exact) mass is 482 g/mol. The van der Waals surface area contributed by atoms with Crippen LogP contribution < -0.4 is 10.9 Å². The van der Waals surface area contributed by atoms with Crippen LogP contribution in [0, 0.1) is 6.92 Å². The van der Waals surface area contributed by atoms with Crippen molar-refractivity contribution >= 4 is 46.0 Å². The molecular formula is C21H18N6O4S2. The first-order valence-electron chi connectivity index (χ1n) is 9.72. The first-order chi connectivity index (χ1) is 15.9. The summed E-state index contributed by atoms with van der Waals surface area (Å²) in [7, 11) is 1.24. The van der Waals surface area contributed by atoms with E-state index < -0.39 is 11.5 Å². The van der Waals surface area contributed by atoms with E-state index in [4.69, 9.17) is 4.74 Å². The van der Waals surface area contributed by atoms with Gasteiger partial charge in [0, 0.05) is 12.2 Å². The van der Waals surface area contributed by atoms with Gasteiger partial charge in [0.05, 0.1) is 23.8 Å². The van der Waals surface area contributed by atoms with E-state index in [1.54, 1.807) is 6.92 Å². The van der Waals surface area contributed by atoms with Crippen LogP contribution in [0.15, 0.2) is 46.3 Å². The number of hydrogen-bond donors (Lipinski definition) is 2. The Bertz CT molecular complexity index is 1390. The van der Waals surface area contributed by atoms with Gasteiger partial charge in [-0.15, -0.1) is 10.2 Å². The van der Waals surface area contributed by atoms with Crippen molar-refractivity contribution in [2.75, 3.05) is 7.11 Å². The van der Waals surface area contributed by atoms with Crippen molar-refractivity contribution in [1.82, 2.24) is 30.5 Å². The molecule has 0 atom stereocenters. The van der Waals surface area contributed by atoms with E-state index in [1.807, 2.05) is 30.3 Å². The predicted octanol–water partition coefficient (Wildman–Crippen LogP) is 2.49. The van der Waals surface area contributed by atoms with Crippen molar-refractivity contribution in [3.8, 4) is 0 Å². The average molecular weight is 483 g/mol. The number of H-pyrrole nitrogens is 1. The number of rotatable bonds is 7. The summed E-state index contributed by atoms with van der Waals surface area (Å²) >= 11 is 2.38. The highest BCUT2D eigenvalue weighted by Crippen LogP contribution is 2.23. The number of aromatic nitrogens is 5. The zero-order valence-electron chi connectivity index (χ0n) is 17.6. The molecule has 0 aliphatic carbocycles. The van der Waals surface area contributed by atoms with Gasteiger partial charge in [-0.2, -0.15) is 0 Å². The summed E-state index contributed by atoms with van der Waals surface area (Å²) in [5, 5.41) is 12.0. The number of carbonyl (C=O) groups is 2. The van der Waals surface area contributed by atoms with Gasteiger partial charge in [-0.1, -0.05) is 53.4 Å². The Morgan fingerprint density at radius 1 is 1.18 bits per heavy atom. The van der Waals surface area contributed by atoms with E-state index in [1.165, 1.54) is 24.9 Å². The molecule has 2 N–H and O–H groups in total. The number of amides is 1. The number of nitrogens with one attached hydrogen (secondary N) is 2. The molecule has 12 heteroatoms. The van der Waals surface area contributed by atoms with Crippen molar-refractivity contribution in [1.29, 1.82) is 0 Å². The van der Waals surface area contributed by atoms with Crippen LogP contribution in [0.3, 0.4) is 0 Å². The van der Waals surface area contributed by atoms with Crippen molar-refractivity contribution in [3.63, 3.8) is 0 Å². The lowest BCUT2D eigenvalue weighted by Crippen LogP contribution is -2.22. The molecule has 0 aliphatic rings.